The van der Waals surface area contributed by atoms with Crippen molar-refractivity contribution in [3.05, 3.63) is 74.5 Å². The van der Waals surface area contributed by atoms with E-state index in [-0.39, 0.29) is 0 Å². The van der Waals surface area contributed by atoms with Gasteiger partial charge >= 0.3 is 0 Å². The van der Waals surface area contributed by atoms with Gasteiger partial charge < -0.3 is 0 Å². The van der Waals surface area contributed by atoms with Crippen LogP contribution in [0.1, 0.15) is 11.1 Å². The third-order valence-electron chi connectivity index (χ3n) is 3.64. The van der Waals surface area contributed by atoms with Gasteiger partial charge in [0.2, 0.25) is 4.80 Å². The van der Waals surface area contributed by atoms with E-state index in [2.05, 4.69) is 33.6 Å². The van der Waals surface area contributed by atoms with E-state index in [0.29, 0.717) is 0 Å². The third kappa shape index (κ3) is 2.28. The van der Waals surface area contributed by atoms with Gasteiger partial charge in [-0.05, 0) is 35.5 Å². The lowest BCUT2D eigenvalue weighted by molar-refractivity contribution is 0.464. The van der Waals surface area contributed by atoms with E-state index in [1.165, 1.54) is 11.1 Å². The number of fused-ring (bicyclic) bond motifs is 2. The molecule has 2 heterocycles. The monoisotopic (exact) mass is 311 g/mol. The second-order valence-corrected chi connectivity index (χ2v) is 6.58. The highest BCUT2D eigenvalue weighted by atomic mass is 32.1. The van der Waals surface area contributed by atoms with Crippen molar-refractivity contribution in [3.8, 4) is 0 Å². The van der Waals surface area contributed by atoms with Gasteiger partial charge in [0.05, 0.1) is 18.8 Å². The zero-order valence-corrected chi connectivity index (χ0v) is 12.9. The summed E-state index contributed by atoms with van der Waals surface area (Å²) in [5, 5.41) is 0. The summed E-state index contributed by atoms with van der Waals surface area (Å²) in [5.41, 5.74) is 3.65. The van der Waals surface area contributed by atoms with Crippen LogP contribution in [0.3, 0.4) is 0 Å². The molecule has 0 bridgehead atoms. The molecule has 0 N–H and O–H groups in total. The molecule has 3 aromatic rings. The highest BCUT2D eigenvalue weighted by Gasteiger charge is 2.16. The van der Waals surface area contributed by atoms with E-state index in [0.717, 1.165) is 27.5 Å². The molecule has 3 nitrogen and oxygen atoms in total. The molecule has 0 saturated heterocycles. The SMILES string of the molecule is S=c1sc(=Nc2ccccc2)n2n1Cc1ccccc1C2. The van der Waals surface area contributed by atoms with E-state index in [9.17, 15) is 0 Å². The van der Waals surface area contributed by atoms with Crippen molar-refractivity contribution in [2.45, 2.75) is 13.1 Å². The topological polar surface area (TPSA) is 22.2 Å². The molecular weight excluding hydrogens is 298 g/mol. The molecule has 0 amide bonds. The number of benzene rings is 2. The Labute approximate surface area is 131 Å². The first-order valence-corrected chi connectivity index (χ1v) is 8.01. The molecule has 104 valence electrons. The van der Waals surface area contributed by atoms with Gasteiger partial charge in [0.1, 0.15) is 0 Å². The van der Waals surface area contributed by atoms with Crippen molar-refractivity contribution >= 4 is 29.2 Å². The van der Waals surface area contributed by atoms with Crippen LogP contribution in [0.25, 0.3) is 0 Å². The van der Waals surface area contributed by atoms with Gasteiger partial charge in [-0.15, -0.1) is 0 Å². The molecule has 0 unspecified atom stereocenters. The van der Waals surface area contributed by atoms with Crippen LogP contribution in [0, 0.1) is 3.95 Å². The summed E-state index contributed by atoms with van der Waals surface area (Å²) in [4.78, 5) is 5.70. The van der Waals surface area contributed by atoms with Crippen molar-refractivity contribution in [2.24, 2.45) is 4.99 Å². The van der Waals surface area contributed by atoms with Gasteiger partial charge in [0.25, 0.3) is 0 Å². The maximum absolute atomic E-state index is 5.51. The van der Waals surface area contributed by atoms with Gasteiger partial charge in [0.15, 0.2) is 3.95 Å². The highest BCUT2D eigenvalue weighted by Crippen LogP contribution is 2.19. The number of nitrogens with zero attached hydrogens (tertiary/aromatic N) is 3. The van der Waals surface area contributed by atoms with Crippen LogP contribution in [0.2, 0.25) is 0 Å². The standard InChI is InChI=1S/C16H13N3S2/c20-16-19-11-13-7-5-4-6-12(13)10-18(19)15(21-16)17-14-8-2-1-3-9-14/h1-9H,10-11H2. The Morgan fingerprint density at radius 3 is 2.19 bits per heavy atom. The van der Waals surface area contributed by atoms with Crippen molar-refractivity contribution in [3.63, 3.8) is 0 Å². The maximum Gasteiger partial charge on any atom is 0.208 e. The fourth-order valence-corrected chi connectivity index (χ4v) is 3.80. The average Bonchev–Trinajstić information content (AvgIpc) is 2.82. The Hall–Kier alpha value is -1.98. The summed E-state index contributed by atoms with van der Waals surface area (Å²) in [6.45, 7) is 1.66. The molecular formula is C16H13N3S2. The van der Waals surface area contributed by atoms with Crippen LogP contribution in [0.5, 0.6) is 0 Å². The van der Waals surface area contributed by atoms with Gasteiger partial charge in [-0.3, -0.25) is 9.36 Å². The van der Waals surface area contributed by atoms with Crippen molar-refractivity contribution in [1.82, 2.24) is 9.36 Å². The second-order valence-electron chi connectivity index (χ2n) is 4.98. The molecule has 0 spiro atoms. The maximum atomic E-state index is 5.51. The molecule has 0 radical (unpaired) electrons. The molecule has 0 fully saturated rings. The number of hydrogen-bond donors (Lipinski definition) is 0. The van der Waals surface area contributed by atoms with Gasteiger partial charge in [-0.2, -0.15) is 0 Å². The first-order chi connectivity index (χ1) is 10.3. The summed E-state index contributed by atoms with van der Waals surface area (Å²) < 4.78 is 5.20. The minimum absolute atomic E-state index is 0.828. The average molecular weight is 311 g/mol. The van der Waals surface area contributed by atoms with E-state index in [1.54, 1.807) is 11.3 Å². The van der Waals surface area contributed by atoms with Gasteiger partial charge in [-0.25, -0.2) is 4.99 Å². The van der Waals surface area contributed by atoms with Crippen molar-refractivity contribution < 1.29 is 0 Å². The lowest BCUT2D eigenvalue weighted by Gasteiger charge is -2.20. The Bertz CT molecular complexity index is 916. The summed E-state index contributed by atoms with van der Waals surface area (Å²) in [6.07, 6.45) is 0. The molecule has 1 aliphatic rings. The van der Waals surface area contributed by atoms with Crippen molar-refractivity contribution in [2.75, 3.05) is 0 Å². The van der Waals surface area contributed by atoms with Crippen LogP contribution in [0.15, 0.2) is 59.6 Å². The first-order valence-electron chi connectivity index (χ1n) is 6.78. The summed E-state index contributed by atoms with van der Waals surface area (Å²) in [5.74, 6) is 0. The summed E-state index contributed by atoms with van der Waals surface area (Å²) in [6, 6.07) is 18.5. The van der Waals surface area contributed by atoms with E-state index in [4.69, 9.17) is 17.2 Å². The number of para-hydroxylation sites is 1. The lowest BCUT2D eigenvalue weighted by Crippen LogP contribution is -2.29. The smallest absolute Gasteiger partial charge is 0.208 e. The number of aromatic nitrogens is 2. The second kappa shape index (κ2) is 5.09. The van der Waals surface area contributed by atoms with Gasteiger partial charge in [-0.1, -0.05) is 53.8 Å². The molecule has 21 heavy (non-hydrogen) atoms. The zero-order valence-electron chi connectivity index (χ0n) is 11.3. The van der Waals surface area contributed by atoms with Crippen LogP contribution in [-0.4, -0.2) is 9.36 Å². The largest absolute Gasteiger partial charge is 0.259 e. The van der Waals surface area contributed by atoms with Crippen molar-refractivity contribution in [1.29, 1.82) is 0 Å². The molecule has 0 saturated carbocycles. The fraction of sp³-hybridized carbons (Fsp3) is 0.125. The normalized spacial score (nSPS) is 13.8. The van der Waals surface area contributed by atoms with E-state index < -0.39 is 0 Å². The third-order valence-corrected chi connectivity index (χ3v) is 4.97. The van der Waals surface area contributed by atoms with E-state index in [1.807, 2.05) is 30.3 Å². The fourth-order valence-electron chi connectivity index (χ4n) is 2.57. The zero-order chi connectivity index (χ0) is 14.2. The molecule has 1 aromatic heterocycles. The Morgan fingerprint density at radius 2 is 1.48 bits per heavy atom. The Balaban J connectivity index is 1.88. The predicted octanol–water partition coefficient (Wildman–Crippen LogP) is 3.72. The van der Waals surface area contributed by atoms with E-state index >= 15 is 0 Å². The Morgan fingerprint density at radius 1 is 0.857 bits per heavy atom. The molecule has 0 aliphatic carbocycles. The van der Waals surface area contributed by atoms with Crippen LogP contribution >= 0.6 is 23.6 Å². The van der Waals surface area contributed by atoms with Gasteiger partial charge in [0, 0.05) is 0 Å². The molecule has 1 aliphatic heterocycles. The molecule has 0 atom stereocenters. The van der Waals surface area contributed by atoms with Crippen LogP contribution in [-0.2, 0) is 13.1 Å². The van der Waals surface area contributed by atoms with Crippen LogP contribution < -0.4 is 4.80 Å². The summed E-state index contributed by atoms with van der Waals surface area (Å²) in [7, 11) is 0. The lowest BCUT2D eigenvalue weighted by atomic mass is 10.1. The molecule has 5 heteroatoms. The Kier molecular flexibility index (Phi) is 3.09. The molecule has 2 aromatic carbocycles. The summed E-state index contributed by atoms with van der Waals surface area (Å²) >= 11 is 7.08. The minimum Gasteiger partial charge on any atom is -0.259 e. The van der Waals surface area contributed by atoms with Crippen LogP contribution in [0.4, 0.5) is 5.69 Å². The number of hydrogen-bond acceptors (Lipinski definition) is 3. The quantitative estimate of drug-likeness (QED) is 0.491. The predicted molar refractivity (Wildman–Crippen MR) is 87.4 cm³/mol. The highest BCUT2D eigenvalue weighted by molar-refractivity contribution is 7.73. The molecule has 4 rings (SSSR count). The first kappa shape index (κ1) is 12.7. The number of rotatable bonds is 1. The minimum atomic E-state index is 0.828.